The van der Waals surface area contributed by atoms with Gasteiger partial charge in [0.25, 0.3) is 11.8 Å². The van der Waals surface area contributed by atoms with Gasteiger partial charge in [0.2, 0.25) is 5.91 Å². The van der Waals surface area contributed by atoms with Gasteiger partial charge in [-0.15, -0.1) is 0 Å². The summed E-state index contributed by atoms with van der Waals surface area (Å²) in [6.45, 7) is 1.93. The summed E-state index contributed by atoms with van der Waals surface area (Å²) in [5.41, 5.74) is 7.04. The molecule has 0 spiro atoms. The number of para-hydroxylation sites is 2. The Kier molecular flexibility index (Phi) is 4.99. The molecule has 1 unspecified atom stereocenters. The summed E-state index contributed by atoms with van der Waals surface area (Å²) >= 11 is 0. The van der Waals surface area contributed by atoms with Crippen molar-refractivity contribution in [2.75, 3.05) is 12.0 Å². The molecule has 26 heavy (non-hydrogen) atoms. The number of methoxy groups -OCH3 is 1. The number of rotatable bonds is 5. The Hall–Kier alpha value is -3.19. The first-order valence-corrected chi connectivity index (χ1v) is 8.13. The maximum absolute atomic E-state index is 12.6. The van der Waals surface area contributed by atoms with E-state index in [1.165, 1.54) is 7.11 Å². The maximum Gasteiger partial charge on any atom is 0.265 e. The first-order valence-electron chi connectivity index (χ1n) is 8.13. The van der Waals surface area contributed by atoms with E-state index in [4.69, 9.17) is 4.74 Å². The van der Waals surface area contributed by atoms with E-state index in [1.807, 2.05) is 19.1 Å². The zero-order chi connectivity index (χ0) is 18.7. The van der Waals surface area contributed by atoms with Crippen LogP contribution in [-0.4, -0.2) is 30.9 Å². The highest BCUT2D eigenvalue weighted by Gasteiger charge is 2.40. The highest BCUT2D eigenvalue weighted by Crippen LogP contribution is 2.31. The van der Waals surface area contributed by atoms with Crippen molar-refractivity contribution in [1.29, 1.82) is 0 Å². The van der Waals surface area contributed by atoms with Crippen molar-refractivity contribution in [1.82, 2.24) is 10.9 Å². The van der Waals surface area contributed by atoms with Gasteiger partial charge in [0.05, 0.1) is 19.2 Å². The zero-order valence-electron chi connectivity index (χ0n) is 14.5. The molecule has 1 heterocycles. The molecule has 3 rings (SSSR count). The third-order valence-electron chi connectivity index (χ3n) is 4.15. The Morgan fingerprint density at radius 2 is 1.81 bits per heavy atom. The molecule has 0 aliphatic carbocycles. The Labute approximate surface area is 150 Å². The number of imide groups is 1. The maximum atomic E-state index is 12.6. The van der Waals surface area contributed by atoms with E-state index in [9.17, 15) is 14.4 Å². The lowest BCUT2D eigenvalue weighted by atomic mass is 10.1. The number of aryl methyl sites for hydroxylation is 1. The molecule has 0 aromatic heterocycles. The van der Waals surface area contributed by atoms with Gasteiger partial charge in [0.1, 0.15) is 11.8 Å². The molecule has 7 nitrogen and oxygen atoms in total. The summed E-state index contributed by atoms with van der Waals surface area (Å²) in [7, 11) is 1.47. The van der Waals surface area contributed by atoms with E-state index in [0.29, 0.717) is 17.0 Å². The Balaban J connectivity index is 1.69. The number of carbonyl (C=O) groups excluding carboxylic acids is 3. The molecule has 2 aromatic carbocycles. The SMILES string of the molecule is COc1ccccc1N1C(=O)CC(NNC(=O)c2ccc(C)cc2)C1=O. The van der Waals surface area contributed by atoms with Crippen LogP contribution < -0.4 is 20.5 Å². The normalized spacial score (nSPS) is 16.7. The molecule has 1 atom stereocenters. The summed E-state index contributed by atoms with van der Waals surface area (Å²) in [4.78, 5) is 38.2. The molecule has 2 N–H and O–H groups in total. The number of amides is 3. The number of carbonyl (C=O) groups is 3. The predicted molar refractivity (Wildman–Crippen MR) is 95.7 cm³/mol. The fourth-order valence-corrected chi connectivity index (χ4v) is 2.74. The van der Waals surface area contributed by atoms with Gasteiger partial charge in [-0.2, -0.15) is 0 Å². The lowest BCUT2D eigenvalue weighted by molar-refractivity contribution is -0.121. The topological polar surface area (TPSA) is 87.7 Å². The van der Waals surface area contributed by atoms with Gasteiger partial charge < -0.3 is 4.74 Å². The quantitative estimate of drug-likeness (QED) is 0.629. The van der Waals surface area contributed by atoms with Crippen molar-refractivity contribution < 1.29 is 19.1 Å². The number of hydrogen-bond donors (Lipinski definition) is 2. The lowest BCUT2D eigenvalue weighted by Gasteiger charge is -2.18. The van der Waals surface area contributed by atoms with Crippen molar-refractivity contribution in [3.8, 4) is 5.75 Å². The average molecular weight is 353 g/mol. The average Bonchev–Trinajstić information content (AvgIpc) is 2.93. The van der Waals surface area contributed by atoms with Crippen molar-refractivity contribution in [2.45, 2.75) is 19.4 Å². The summed E-state index contributed by atoms with van der Waals surface area (Å²) in [6, 6.07) is 13.0. The predicted octanol–water partition coefficient (Wildman–Crippen LogP) is 1.57. The first-order chi connectivity index (χ1) is 12.5. The van der Waals surface area contributed by atoms with Crippen LogP contribution in [0.1, 0.15) is 22.3 Å². The van der Waals surface area contributed by atoms with Crippen LogP contribution in [0.5, 0.6) is 5.75 Å². The van der Waals surface area contributed by atoms with Crippen LogP contribution in [0.2, 0.25) is 0 Å². The molecular weight excluding hydrogens is 334 g/mol. The van der Waals surface area contributed by atoms with Crippen molar-refractivity contribution in [2.24, 2.45) is 0 Å². The van der Waals surface area contributed by atoms with Gasteiger partial charge in [-0.1, -0.05) is 29.8 Å². The fourth-order valence-electron chi connectivity index (χ4n) is 2.74. The second-order valence-corrected chi connectivity index (χ2v) is 5.96. The summed E-state index contributed by atoms with van der Waals surface area (Å²) in [6.07, 6.45) is -0.0505. The van der Waals surface area contributed by atoms with Crippen molar-refractivity contribution >= 4 is 23.4 Å². The van der Waals surface area contributed by atoms with Crippen LogP contribution >= 0.6 is 0 Å². The van der Waals surface area contributed by atoms with E-state index < -0.39 is 11.9 Å². The van der Waals surface area contributed by atoms with E-state index in [1.54, 1.807) is 36.4 Å². The van der Waals surface area contributed by atoms with Gasteiger partial charge in [-0.3, -0.25) is 19.8 Å². The smallest absolute Gasteiger partial charge is 0.265 e. The minimum Gasteiger partial charge on any atom is -0.495 e. The zero-order valence-corrected chi connectivity index (χ0v) is 14.5. The lowest BCUT2D eigenvalue weighted by Crippen LogP contribution is -2.48. The number of benzene rings is 2. The van der Waals surface area contributed by atoms with Crippen LogP contribution in [0.3, 0.4) is 0 Å². The second-order valence-electron chi connectivity index (χ2n) is 5.96. The summed E-state index contributed by atoms with van der Waals surface area (Å²) < 4.78 is 5.22. The molecule has 1 aliphatic heterocycles. The van der Waals surface area contributed by atoms with Gasteiger partial charge in [-0.25, -0.2) is 10.3 Å². The van der Waals surface area contributed by atoms with E-state index >= 15 is 0 Å². The fraction of sp³-hybridized carbons (Fsp3) is 0.211. The number of anilines is 1. The molecule has 1 aliphatic rings. The molecule has 0 bridgehead atoms. The Morgan fingerprint density at radius 3 is 2.50 bits per heavy atom. The highest BCUT2D eigenvalue weighted by atomic mass is 16.5. The van der Waals surface area contributed by atoms with E-state index in [2.05, 4.69) is 10.9 Å². The number of nitrogens with zero attached hydrogens (tertiary/aromatic N) is 1. The monoisotopic (exact) mass is 353 g/mol. The van der Waals surface area contributed by atoms with Gasteiger partial charge >= 0.3 is 0 Å². The van der Waals surface area contributed by atoms with Gasteiger partial charge in [-0.05, 0) is 31.2 Å². The molecule has 2 aromatic rings. The minimum absolute atomic E-state index is 0.0505. The molecular formula is C19H19N3O4. The van der Waals surface area contributed by atoms with Crippen LogP contribution in [-0.2, 0) is 9.59 Å². The summed E-state index contributed by atoms with van der Waals surface area (Å²) in [5.74, 6) is -0.746. The van der Waals surface area contributed by atoms with Crippen LogP contribution in [0.4, 0.5) is 5.69 Å². The Morgan fingerprint density at radius 1 is 1.12 bits per heavy atom. The molecule has 1 fully saturated rings. The van der Waals surface area contributed by atoms with E-state index in [-0.39, 0.29) is 18.2 Å². The van der Waals surface area contributed by atoms with Crippen LogP contribution in [0.15, 0.2) is 48.5 Å². The molecule has 1 saturated heterocycles. The van der Waals surface area contributed by atoms with Crippen molar-refractivity contribution in [3.05, 3.63) is 59.7 Å². The molecule has 7 heteroatoms. The first kappa shape index (κ1) is 17.6. The number of hydrogen-bond acceptors (Lipinski definition) is 5. The minimum atomic E-state index is -0.832. The van der Waals surface area contributed by atoms with Gasteiger partial charge in [0, 0.05) is 5.56 Å². The largest absolute Gasteiger partial charge is 0.495 e. The molecule has 0 radical (unpaired) electrons. The Bertz CT molecular complexity index is 848. The standard InChI is InChI=1S/C19H19N3O4/c1-12-7-9-13(10-8-12)18(24)21-20-14-11-17(23)22(19(14)25)15-5-3-4-6-16(15)26-2/h3-10,14,20H,11H2,1-2H3,(H,21,24). The second kappa shape index (κ2) is 7.37. The summed E-state index contributed by atoms with van der Waals surface area (Å²) in [5, 5.41) is 0. The number of nitrogens with one attached hydrogen (secondary N) is 2. The molecule has 3 amide bonds. The third kappa shape index (κ3) is 3.43. The number of hydrazine groups is 1. The van der Waals surface area contributed by atoms with E-state index in [0.717, 1.165) is 10.5 Å². The van der Waals surface area contributed by atoms with Gasteiger partial charge in [0.15, 0.2) is 0 Å². The number of ether oxygens (including phenoxy) is 1. The molecule has 134 valence electrons. The van der Waals surface area contributed by atoms with Crippen LogP contribution in [0, 0.1) is 6.92 Å². The molecule has 0 saturated carbocycles. The highest BCUT2D eigenvalue weighted by molar-refractivity contribution is 6.23. The van der Waals surface area contributed by atoms with Crippen LogP contribution in [0.25, 0.3) is 0 Å². The van der Waals surface area contributed by atoms with Crippen molar-refractivity contribution in [3.63, 3.8) is 0 Å². The third-order valence-corrected chi connectivity index (χ3v) is 4.15.